The molecule has 2 heterocycles. The van der Waals surface area contributed by atoms with Crippen LogP contribution in [0.25, 0.3) is 0 Å². The van der Waals surface area contributed by atoms with E-state index in [-0.39, 0.29) is 6.10 Å². The topological polar surface area (TPSA) is 59.5 Å². The molecule has 1 aliphatic heterocycles. The Labute approximate surface area is 160 Å². The van der Waals surface area contributed by atoms with Crippen LogP contribution in [0.5, 0.6) is 5.75 Å². The van der Waals surface area contributed by atoms with Crippen LogP contribution in [-0.4, -0.2) is 36.9 Å². The van der Waals surface area contributed by atoms with Crippen LogP contribution in [0, 0.1) is 20.8 Å². The monoisotopic (exact) mass is 394 g/mol. The SMILES string of the molecule is Cc1cc(C)c(S(=O)(=O)N2CCCC(Oc3ccncc3Cl)C2)c(C)c1. The van der Waals surface area contributed by atoms with Gasteiger partial charge in [0.05, 0.1) is 11.4 Å². The van der Waals surface area contributed by atoms with E-state index < -0.39 is 10.0 Å². The molecule has 0 aliphatic carbocycles. The molecule has 0 N–H and O–H groups in total. The number of aromatic nitrogens is 1. The van der Waals surface area contributed by atoms with Crippen molar-refractivity contribution >= 4 is 21.6 Å². The Morgan fingerprint density at radius 1 is 1.23 bits per heavy atom. The number of aryl methyl sites for hydroxylation is 3. The zero-order valence-electron chi connectivity index (χ0n) is 15.2. The minimum atomic E-state index is -3.57. The van der Waals surface area contributed by atoms with E-state index in [1.165, 1.54) is 10.5 Å². The van der Waals surface area contributed by atoms with Crippen molar-refractivity contribution in [1.82, 2.24) is 9.29 Å². The van der Waals surface area contributed by atoms with Gasteiger partial charge in [0.15, 0.2) is 0 Å². The van der Waals surface area contributed by atoms with Crippen LogP contribution in [0.2, 0.25) is 5.02 Å². The molecule has 0 spiro atoms. The minimum absolute atomic E-state index is 0.232. The van der Waals surface area contributed by atoms with Crippen molar-refractivity contribution in [2.24, 2.45) is 0 Å². The number of ether oxygens (including phenoxy) is 1. The molecular weight excluding hydrogens is 372 g/mol. The summed E-state index contributed by atoms with van der Waals surface area (Å²) in [5.74, 6) is 0.536. The zero-order chi connectivity index (χ0) is 18.9. The molecule has 1 aromatic heterocycles. The summed E-state index contributed by atoms with van der Waals surface area (Å²) in [6, 6.07) is 5.52. The van der Waals surface area contributed by atoms with Gasteiger partial charge in [0.1, 0.15) is 16.9 Å². The normalized spacial score (nSPS) is 18.7. The minimum Gasteiger partial charge on any atom is -0.487 e. The first-order chi connectivity index (χ1) is 12.3. The molecule has 3 rings (SSSR count). The van der Waals surface area contributed by atoms with Crippen LogP contribution in [0.1, 0.15) is 29.5 Å². The van der Waals surface area contributed by atoms with E-state index in [4.69, 9.17) is 16.3 Å². The number of hydrogen-bond donors (Lipinski definition) is 0. The molecule has 1 saturated heterocycles. The first-order valence-electron chi connectivity index (χ1n) is 8.63. The van der Waals surface area contributed by atoms with Crippen molar-refractivity contribution in [2.45, 2.75) is 44.6 Å². The summed E-state index contributed by atoms with van der Waals surface area (Å²) >= 11 is 6.10. The van der Waals surface area contributed by atoms with Crippen molar-refractivity contribution in [3.05, 3.63) is 52.3 Å². The van der Waals surface area contributed by atoms with Crippen LogP contribution in [0.4, 0.5) is 0 Å². The van der Waals surface area contributed by atoms with Crippen molar-refractivity contribution in [1.29, 1.82) is 0 Å². The van der Waals surface area contributed by atoms with Crippen molar-refractivity contribution in [2.75, 3.05) is 13.1 Å². The lowest BCUT2D eigenvalue weighted by Gasteiger charge is -2.33. The smallest absolute Gasteiger partial charge is 0.243 e. The Balaban J connectivity index is 1.84. The Hall–Kier alpha value is -1.63. The summed E-state index contributed by atoms with van der Waals surface area (Å²) in [5.41, 5.74) is 2.62. The van der Waals surface area contributed by atoms with Gasteiger partial charge in [-0.2, -0.15) is 4.31 Å². The van der Waals surface area contributed by atoms with Crippen LogP contribution >= 0.6 is 11.6 Å². The summed E-state index contributed by atoms with van der Waals surface area (Å²) in [4.78, 5) is 4.35. The molecule has 140 valence electrons. The summed E-state index contributed by atoms with van der Waals surface area (Å²) in [6.45, 7) is 6.48. The molecule has 0 bridgehead atoms. The van der Waals surface area contributed by atoms with Crippen molar-refractivity contribution in [3.63, 3.8) is 0 Å². The number of nitrogens with zero attached hydrogens (tertiary/aromatic N) is 2. The second-order valence-corrected chi connectivity index (χ2v) is 9.06. The van der Waals surface area contributed by atoms with E-state index in [2.05, 4.69) is 4.98 Å². The molecule has 2 aromatic rings. The van der Waals surface area contributed by atoms with E-state index in [9.17, 15) is 8.42 Å². The summed E-state index contributed by atoms with van der Waals surface area (Å²) in [6.07, 6.45) is 4.43. The average Bonchev–Trinajstić information content (AvgIpc) is 2.56. The molecule has 0 saturated carbocycles. The third-order valence-corrected chi connectivity index (χ3v) is 7.03. The highest BCUT2D eigenvalue weighted by Crippen LogP contribution is 2.30. The highest BCUT2D eigenvalue weighted by molar-refractivity contribution is 7.89. The van der Waals surface area contributed by atoms with Gasteiger partial charge in [-0.05, 0) is 44.7 Å². The number of benzene rings is 1. The number of halogens is 1. The lowest BCUT2D eigenvalue weighted by molar-refractivity contribution is 0.129. The van der Waals surface area contributed by atoms with Gasteiger partial charge in [-0.3, -0.25) is 4.98 Å². The van der Waals surface area contributed by atoms with Gasteiger partial charge in [0.2, 0.25) is 10.0 Å². The Bertz CT molecular complexity index is 892. The molecular formula is C19H23ClN2O3S. The largest absolute Gasteiger partial charge is 0.487 e. The first kappa shape index (κ1) is 19.1. The highest BCUT2D eigenvalue weighted by atomic mass is 35.5. The standard InChI is InChI=1S/C19H23ClN2O3S/c1-13-9-14(2)19(15(3)10-13)26(23,24)22-8-4-5-16(12-22)25-18-6-7-21-11-17(18)20/h6-7,9-11,16H,4-5,8,12H2,1-3H3. The summed E-state index contributed by atoms with van der Waals surface area (Å²) in [5, 5.41) is 0.428. The predicted octanol–water partition coefficient (Wildman–Crippen LogP) is 3.89. The summed E-state index contributed by atoms with van der Waals surface area (Å²) < 4.78 is 34.0. The van der Waals surface area contributed by atoms with Gasteiger partial charge in [0.25, 0.3) is 0 Å². The molecule has 7 heteroatoms. The van der Waals surface area contributed by atoms with Crippen molar-refractivity contribution < 1.29 is 13.2 Å². The second-order valence-electron chi connectivity index (χ2n) is 6.78. The van der Waals surface area contributed by atoms with Gasteiger partial charge in [-0.1, -0.05) is 29.3 Å². The molecule has 1 aromatic carbocycles. The average molecular weight is 395 g/mol. The highest BCUT2D eigenvalue weighted by Gasteiger charge is 2.33. The van der Waals surface area contributed by atoms with Gasteiger partial charge < -0.3 is 4.74 Å². The Morgan fingerprint density at radius 2 is 1.92 bits per heavy atom. The Morgan fingerprint density at radius 3 is 2.58 bits per heavy atom. The Kier molecular flexibility index (Phi) is 5.55. The molecule has 26 heavy (non-hydrogen) atoms. The number of hydrogen-bond acceptors (Lipinski definition) is 4. The van der Waals surface area contributed by atoms with E-state index in [1.807, 2.05) is 32.9 Å². The number of pyridine rings is 1. The second kappa shape index (κ2) is 7.55. The fourth-order valence-electron chi connectivity index (χ4n) is 3.56. The lowest BCUT2D eigenvalue weighted by atomic mass is 10.1. The summed E-state index contributed by atoms with van der Waals surface area (Å²) in [7, 11) is -3.57. The van der Waals surface area contributed by atoms with E-state index in [0.717, 1.165) is 29.5 Å². The molecule has 0 amide bonds. The molecule has 1 aliphatic rings. The number of rotatable bonds is 4. The van der Waals surface area contributed by atoms with Gasteiger partial charge in [-0.25, -0.2) is 8.42 Å². The van der Waals surface area contributed by atoms with Crippen LogP contribution in [0.3, 0.4) is 0 Å². The van der Waals surface area contributed by atoms with Gasteiger partial charge >= 0.3 is 0 Å². The molecule has 0 radical (unpaired) electrons. The maximum absolute atomic E-state index is 13.2. The van der Waals surface area contributed by atoms with Crippen LogP contribution in [-0.2, 0) is 10.0 Å². The van der Waals surface area contributed by atoms with Gasteiger partial charge in [0, 0.05) is 25.0 Å². The molecule has 5 nitrogen and oxygen atoms in total. The fourth-order valence-corrected chi connectivity index (χ4v) is 5.65. The first-order valence-corrected chi connectivity index (χ1v) is 10.4. The third-order valence-electron chi connectivity index (χ3n) is 4.57. The zero-order valence-corrected chi connectivity index (χ0v) is 16.8. The maximum Gasteiger partial charge on any atom is 0.243 e. The van der Waals surface area contributed by atoms with E-state index in [1.54, 1.807) is 12.3 Å². The predicted molar refractivity (Wildman–Crippen MR) is 102 cm³/mol. The van der Waals surface area contributed by atoms with E-state index >= 15 is 0 Å². The van der Waals surface area contributed by atoms with Crippen LogP contribution < -0.4 is 4.74 Å². The van der Waals surface area contributed by atoms with Gasteiger partial charge in [-0.15, -0.1) is 0 Å². The van der Waals surface area contributed by atoms with E-state index in [0.29, 0.717) is 28.8 Å². The lowest BCUT2D eigenvalue weighted by Crippen LogP contribution is -2.44. The maximum atomic E-state index is 13.2. The molecule has 1 fully saturated rings. The third kappa shape index (κ3) is 3.87. The number of piperidine rings is 1. The van der Waals surface area contributed by atoms with Crippen LogP contribution in [0.15, 0.2) is 35.5 Å². The molecule has 1 atom stereocenters. The number of sulfonamides is 1. The fraction of sp³-hybridized carbons (Fsp3) is 0.421. The molecule has 1 unspecified atom stereocenters. The quantitative estimate of drug-likeness (QED) is 0.789. The van der Waals surface area contributed by atoms with Crippen molar-refractivity contribution in [3.8, 4) is 5.75 Å².